The minimum atomic E-state index is 0.185. The average Bonchev–Trinajstić information content (AvgIpc) is 2.46. The van der Waals surface area contributed by atoms with E-state index in [4.69, 9.17) is 10.5 Å². The van der Waals surface area contributed by atoms with E-state index in [1.165, 1.54) is 0 Å². The predicted molar refractivity (Wildman–Crippen MR) is 51.3 cm³/mol. The Bertz CT molecular complexity index is 270. The summed E-state index contributed by atoms with van der Waals surface area (Å²) in [5.74, 6) is 0. The fourth-order valence-electron chi connectivity index (χ4n) is 1.19. The van der Waals surface area contributed by atoms with Gasteiger partial charge >= 0.3 is 0 Å². The van der Waals surface area contributed by atoms with E-state index in [-0.39, 0.29) is 6.10 Å². The molecule has 0 spiro atoms. The van der Waals surface area contributed by atoms with Gasteiger partial charge in [0.2, 0.25) is 0 Å². The monoisotopic (exact) mass is 183 g/mol. The molecule has 0 radical (unpaired) electrons. The number of aryl methyl sites for hydroxylation is 1. The molecule has 0 aliphatic rings. The van der Waals surface area contributed by atoms with Gasteiger partial charge in [-0.2, -0.15) is 5.10 Å². The molecule has 74 valence electrons. The summed E-state index contributed by atoms with van der Waals surface area (Å²) >= 11 is 0. The predicted octanol–water partition coefficient (Wildman–Crippen LogP) is 0.685. The zero-order chi connectivity index (χ0) is 9.84. The van der Waals surface area contributed by atoms with Gasteiger partial charge in [0.05, 0.1) is 18.3 Å². The highest BCUT2D eigenvalue weighted by atomic mass is 16.5. The Kier molecular flexibility index (Phi) is 3.45. The normalized spacial score (nSPS) is 13.2. The quantitative estimate of drug-likeness (QED) is 0.747. The van der Waals surface area contributed by atoms with Crippen molar-refractivity contribution in [3.8, 4) is 0 Å². The third-order valence-corrected chi connectivity index (χ3v) is 2.11. The van der Waals surface area contributed by atoms with Gasteiger partial charge in [-0.25, -0.2) is 0 Å². The lowest BCUT2D eigenvalue weighted by Crippen LogP contribution is -2.15. The maximum atomic E-state index is 5.54. The van der Waals surface area contributed by atoms with E-state index in [9.17, 15) is 0 Å². The van der Waals surface area contributed by atoms with Crippen LogP contribution in [0, 0.1) is 6.92 Å². The molecular weight excluding hydrogens is 166 g/mol. The van der Waals surface area contributed by atoms with Crippen molar-refractivity contribution in [2.24, 2.45) is 5.73 Å². The minimum absolute atomic E-state index is 0.185. The fraction of sp³-hybridized carbons (Fsp3) is 0.667. The number of hydrogen-bond acceptors (Lipinski definition) is 3. The molecule has 0 aliphatic carbocycles. The molecule has 1 aromatic heterocycles. The summed E-state index contributed by atoms with van der Waals surface area (Å²) in [6.07, 6.45) is 2.16. The van der Waals surface area contributed by atoms with Crippen molar-refractivity contribution in [2.75, 3.05) is 7.11 Å². The van der Waals surface area contributed by atoms with Crippen LogP contribution >= 0.6 is 0 Å². The Balaban J connectivity index is 2.67. The molecule has 1 unspecified atom stereocenters. The number of hydrogen-bond donors (Lipinski definition) is 1. The van der Waals surface area contributed by atoms with Gasteiger partial charge in [-0.1, -0.05) is 0 Å². The van der Waals surface area contributed by atoms with Crippen LogP contribution in [0.1, 0.15) is 18.2 Å². The van der Waals surface area contributed by atoms with Crippen LogP contribution in [0.3, 0.4) is 0 Å². The van der Waals surface area contributed by atoms with Crippen LogP contribution in [-0.2, 0) is 17.8 Å². The number of ether oxygens (including phenoxy) is 1. The minimum Gasteiger partial charge on any atom is -0.380 e. The van der Waals surface area contributed by atoms with Crippen LogP contribution in [0.5, 0.6) is 0 Å². The summed E-state index contributed by atoms with van der Waals surface area (Å²) in [6.45, 7) is 5.31. The second-order valence-electron chi connectivity index (χ2n) is 3.21. The summed E-state index contributed by atoms with van der Waals surface area (Å²) in [6, 6.07) is 0. The summed E-state index contributed by atoms with van der Waals surface area (Å²) < 4.78 is 7.03. The van der Waals surface area contributed by atoms with Crippen molar-refractivity contribution in [2.45, 2.75) is 33.0 Å². The molecule has 0 amide bonds. The molecule has 4 nitrogen and oxygen atoms in total. The van der Waals surface area contributed by atoms with Gasteiger partial charge in [0.15, 0.2) is 0 Å². The van der Waals surface area contributed by atoms with Gasteiger partial charge in [0, 0.05) is 25.4 Å². The van der Waals surface area contributed by atoms with E-state index in [0.29, 0.717) is 6.54 Å². The Morgan fingerprint density at radius 1 is 1.69 bits per heavy atom. The lowest BCUT2D eigenvalue weighted by Gasteiger charge is -2.08. The molecule has 1 heterocycles. The Morgan fingerprint density at radius 3 is 2.85 bits per heavy atom. The van der Waals surface area contributed by atoms with Crippen LogP contribution in [0.15, 0.2) is 6.20 Å². The lowest BCUT2D eigenvalue weighted by atomic mass is 10.3. The summed E-state index contributed by atoms with van der Waals surface area (Å²) in [7, 11) is 1.70. The molecule has 0 aliphatic heterocycles. The first-order chi connectivity index (χ1) is 6.17. The Labute approximate surface area is 78.7 Å². The van der Waals surface area contributed by atoms with Crippen molar-refractivity contribution in [1.82, 2.24) is 9.78 Å². The third-order valence-electron chi connectivity index (χ3n) is 2.11. The zero-order valence-electron chi connectivity index (χ0n) is 8.45. The Hall–Kier alpha value is -0.870. The highest BCUT2D eigenvalue weighted by Crippen LogP contribution is 2.05. The molecule has 1 aromatic rings. The van der Waals surface area contributed by atoms with E-state index >= 15 is 0 Å². The van der Waals surface area contributed by atoms with Gasteiger partial charge in [0.1, 0.15) is 0 Å². The number of nitrogens with two attached hydrogens (primary N) is 1. The van der Waals surface area contributed by atoms with Crippen molar-refractivity contribution in [3.63, 3.8) is 0 Å². The molecule has 0 bridgehead atoms. The standard InChI is InChI=1S/C9H17N3O/c1-7(13-3)5-12-6-9(4-10)8(2)11-12/h6-7H,4-5,10H2,1-3H3. The first-order valence-corrected chi connectivity index (χ1v) is 4.43. The SMILES string of the molecule is COC(C)Cn1cc(CN)c(C)n1. The average molecular weight is 183 g/mol. The summed E-state index contributed by atoms with van der Waals surface area (Å²) in [5.41, 5.74) is 7.65. The van der Waals surface area contributed by atoms with Crippen LogP contribution in [-0.4, -0.2) is 23.0 Å². The topological polar surface area (TPSA) is 53.1 Å². The molecule has 1 rings (SSSR count). The van der Waals surface area contributed by atoms with E-state index in [1.807, 2.05) is 24.7 Å². The van der Waals surface area contributed by atoms with Gasteiger partial charge in [-0.05, 0) is 13.8 Å². The summed E-state index contributed by atoms with van der Waals surface area (Å²) in [4.78, 5) is 0. The maximum absolute atomic E-state index is 5.54. The molecule has 1 atom stereocenters. The highest BCUT2D eigenvalue weighted by molar-refractivity contribution is 5.14. The van der Waals surface area contributed by atoms with Crippen molar-refractivity contribution in [3.05, 3.63) is 17.5 Å². The maximum Gasteiger partial charge on any atom is 0.0739 e. The van der Waals surface area contributed by atoms with Crippen LogP contribution in [0.2, 0.25) is 0 Å². The van der Waals surface area contributed by atoms with Crippen molar-refractivity contribution in [1.29, 1.82) is 0 Å². The van der Waals surface area contributed by atoms with E-state index < -0.39 is 0 Å². The smallest absolute Gasteiger partial charge is 0.0739 e. The van der Waals surface area contributed by atoms with Crippen LogP contribution < -0.4 is 5.73 Å². The van der Waals surface area contributed by atoms with Crippen LogP contribution in [0.25, 0.3) is 0 Å². The number of methoxy groups -OCH3 is 1. The van der Waals surface area contributed by atoms with Gasteiger partial charge in [0.25, 0.3) is 0 Å². The van der Waals surface area contributed by atoms with E-state index in [2.05, 4.69) is 5.10 Å². The fourth-order valence-corrected chi connectivity index (χ4v) is 1.19. The molecule has 0 fully saturated rings. The second-order valence-corrected chi connectivity index (χ2v) is 3.21. The lowest BCUT2D eigenvalue weighted by molar-refractivity contribution is 0.0997. The first kappa shape index (κ1) is 10.2. The molecular formula is C9H17N3O. The van der Waals surface area contributed by atoms with Gasteiger partial charge < -0.3 is 10.5 Å². The largest absolute Gasteiger partial charge is 0.380 e. The van der Waals surface area contributed by atoms with Crippen LogP contribution in [0.4, 0.5) is 0 Å². The third kappa shape index (κ3) is 2.54. The number of rotatable bonds is 4. The number of aromatic nitrogens is 2. The molecule has 2 N–H and O–H groups in total. The molecule has 0 saturated heterocycles. The zero-order valence-corrected chi connectivity index (χ0v) is 8.45. The van der Waals surface area contributed by atoms with Gasteiger partial charge in [-0.15, -0.1) is 0 Å². The Morgan fingerprint density at radius 2 is 2.38 bits per heavy atom. The van der Waals surface area contributed by atoms with E-state index in [0.717, 1.165) is 17.8 Å². The first-order valence-electron chi connectivity index (χ1n) is 4.43. The van der Waals surface area contributed by atoms with Crippen molar-refractivity contribution < 1.29 is 4.74 Å². The summed E-state index contributed by atoms with van der Waals surface area (Å²) in [5, 5.41) is 4.33. The van der Waals surface area contributed by atoms with E-state index in [1.54, 1.807) is 7.11 Å². The molecule has 4 heteroatoms. The molecule has 0 aromatic carbocycles. The van der Waals surface area contributed by atoms with Gasteiger partial charge in [-0.3, -0.25) is 4.68 Å². The van der Waals surface area contributed by atoms with Crippen molar-refractivity contribution >= 4 is 0 Å². The highest BCUT2D eigenvalue weighted by Gasteiger charge is 2.05. The number of nitrogens with zero attached hydrogens (tertiary/aromatic N) is 2. The molecule has 13 heavy (non-hydrogen) atoms. The molecule has 0 saturated carbocycles. The second kappa shape index (κ2) is 4.39.